The molecule has 11 rings (SSSR count). The van der Waals surface area contributed by atoms with Crippen molar-refractivity contribution in [3.8, 4) is 0 Å². The van der Waals surface area contributed by atoms with Crippen molar-refractivity contribution in [1.29, 1.82) is 0 Å². The van der Waals surface area contributed by atoms with Gasteiger partial charge in [0.2, 0.25) is 0 Å². The summed E-state index contributed by atoms with van der Waals surface area (Å²) in [6.45, 7) is 3.28. The fraction of sp³-hybridized carbons (Fsp3) is 0.280. The van der Waals surface area contributed by atoms with Gasteiger partial charge in [-0.2, -0.15) is 0 Å². The van der Waals surface area contributed by atoms with Crippen LogP contribution in [0.15, 0.2) is 273 Å². The molecule has 0 bridgehead atoms. The summed E-state index contributed by atoms with van der Waals surface area (Å²) in [6, 6.07) is 91.7. The Bertz CT molecular complexity index is 3230. The van der Waals surface area contributed by atoms with E-state index >= 15 is 0 Å². The van der Waals surface area contributed by atoms with Crippen molar-refractivity contribution in [2.45, 2.75) is 121 Å². The lowest BCUT2D eigenvalue weighted by molar-refractivity contribution is -0.371. The van der Waals surface area contributed by atoms with E-state index in [2.05, 4.69) is 138 Å². The minimum absolute atomic E-state index is 0.114. The summed E-state index contributed by atoms with van der Waals surface area (Å²) in [5, 5.41) is 0. The zero-order valence-corrected chi connectivity index (χ0v) is 48.6. The van der Waals surface area contributed by atoms with Crippen molar-refractivity contribution in [2.75, 3.05) is 13.2 Å². The molecular weight excluding hydrogens is 1070 g/mol. The van der Waals surface area contributed by atoms with E-state index in [1.54, 1.807) is 0 Å². The number of nitrogens with zero attached hydrogens (tertiary/aromatic N) is 1. The first kappa shape index (κ1) is 60.2. The fourth-order valence-electron chi connectivity index (χ4n) is 11.2. The normalized spacial score (nSPS) is 22.2. The maximum Gasteiger partial charge on any atom is 0.187 e. The second-order valence-corrected chi connectivity index (χ2v) is 21.9. The SMILES string of the molecule is c1ccc(COC[C@H]2O[C@@H](O[C@H]3[C@H](OCc4ccccc4)[C@@H](N(Cc4ccccc4)Cc4ccccc4)[C@H](OCc4ccccc4)O[C@@H]3COCc3ccccc3)[C@H](OCc3ccccc3)[C@@H](OCc3ccccc3)[C@@H]2OCc2ccccc2)cc1. The third-order valence-corrected chi connectivity index (χ3v) is 15.6. The Kier molecular flexibility index (Phi) is 22.6. The summed E-state index contributed by atoms with van der Waals surface area (Å²) in [4.78, 5) is 2.41. The first-order valence-corrected chi connectivity index (χ1v) is 29.9. The average molecular weight is 1150 g/mol. The van der Waals surface area contributed by atoms with Crippen molar-refractivity contribution in [1.82, 2.24) is 4.90 Å². The molecule has 442 valence electrons. The van der Waals surface area contributed by atoms with Gasteiger partial charge < -0.3 is 47.4 Å². The molecule has 0 spiro atoms. The van der Waals surface area contributed by atoms with Crippen LogP contribution in [0.5, 0.6) is 0 Å². The highest BCUT2D eigenvalue weighted by molar-refractivity contribution is 5.22. The molecule has 2 fully saturated rings. The largest absolute Gasteiger partial charge is 0.374 e. The van der Waals surface area contributed by atoms with Crippen LogP contribution in [0.4, 0.5) is 0 Å². The molecule has 0 saturated carbocycles. The summed E-state index contributed by atoms with van der Waals surface area (Å²) < 4.78 is 72.7. The van der Waals surface area contributed by atoms with E-state index in [4.69, 9.17) is 47.4 Å². The van der Waals surface area contributed by atoms with Gasteiger partial charge in [-0.15, -0.1) is 0 Å². The lowest BCUT2D eigenvalue weighted by atomic mass is 9.93. The monoisotopic (exact) mass is 1150 g/mol. The molecule has 11 nitrogen and oxygen atoms in total. The van der Waals surface area contributed by atoms with Crippen LogP contribution in [0.2, 0.25) is 0 Å². The van der Waals surface area contributed by atoms with E-state index in [9.17, 15) is 0 Å². The molecule has 11 heteroatoms. The lowest BCUT2D eigenvalue weighted by Gasteiger charge is -2.52. The molecule has 86 heavy (non-hydrogen) atoms. The predicted molar refractivity (Wildman–Crippen MR) is 332 cm³/mol. The molecule has 10 atom stereocenters. The first-order chi connectivity index (χ1) is 42.6. The summed E-state index contributed by atoms with van der Waals surface area (Å²) in [6.07, 6.45) is -7.49. The Morgan fingerprint density at radius 1 is 0.256 bits per heavy atom. The number of hydrogen-bond acceptors (Lipinski definition) is 11. The highest BCUT2D eigenvalue weighted by Crippen LogP contribution is 2.38. The first-order valence-electron chi connectivity index (χ1n) is 29.9. The minimum Gasteiger partial charge on any atom is -0.374 e. The molecular formula is C75H77NO10. The molecule has 2 aliphatic heterocycles. The van der Waals surface area contributed by atoms with Gasteiger partial charge >= 0.3 is 0 Å². The zero-order chi connectivity index (χ0) is 58.2. The molecule has 9 aromatic rings. The summed E-state index contributed by atoms with van der Waals surface area (Å²) >= 11 is 0. The number of hydrogen-bond donors (Lipinski definition) is 0. The molecule has 0 N–H and O–H groups in total. The Morgan fingerprint density at radius 3 is 0.907 bits per heavy atom. The van der Waals surface area contributed by atoms with Crippen LogP contribution in [-0.4, -0.2) is 79.5 Å². The second kappa shape index (κ2) is 32.3. The maximum absolute atomic E-state index is 7.88. The Balaban J connectivity index is 1.04. The van der Waals surface area contributed by atoms with E-state index in [1.165, 1.54) is 0 Å². The Hall–Kier alpha value is -7.46. The standard InChI is InChI=1S/C75H77NO10/c1-10-28-57(29-11-1)46-76(47-58-30-12-2-13-31-58)68-71(80-51-62-38-20-6-21-39-62)70(67(56-78-49-60-34-16-4-17-35-60)84-74(68)83-54-65-44-26-9-27-45-65)86-75-73(82-53-64-42-24-8-25-43-64)72(81-52-63-40-22-7-23-41-63)69(79-50-61-36-18-5-19-37-61)66(85-75)55-77-48-59-32-14-3-15-33-59/h1-45,66-75H,46-56H2/t66-,67-,68-,69-,70-,71-,72+,73-,74-,75+/m1/s1. The van der Waals surface area contributed by atoms with Crippen LogP contribution in [0.1, 0.15) is 50.1 Å². The molecule has 0 aliphatic carbocycles. The number of benzene rings is 9. The molecule has 2 saturated heterocycles. The van der Waals surface area contributed by atoms with Crippen molar-refractivity contribution in [3.05, 3.63) is 323 Å². The molecule has 9 aromatic carbocycles. The summed E-state index contributed by atoms with van der Waals surface area (Å²) in [7, 11) is 0. The lowest BCUT2D eigenvalue weighted by Crippen LogP contribution is -2.68. The minimum atomic E-state index is -1.12. The molecule has 0 unspecified atom stereocenters. The van der Waals surface area contributed by atoms with Gasteiger partial charge in [-0.05, 0) is 50.1 Å². The van der Waals surface area contributed by atoms with Crippen LogP contribution in [0.3, 0.4) is 0 Å². The Morgan fingerprint density at radius 2 is 0.535 bits per heavy atom. The predicted octanol–water partition coefficient (Wildman–Crippen LogP) is 13.9. The second-order valence-electron chi connectivity index (χ2n) is 21.9. The van der Waals surface area contributed by atoms with Gasteiger partial charge in [-0.1, -0.05) is 273 Å². The quantitative estimate of drug-likeness (QED) is 0.0431. The van der Waals surface area contributed by atoms with E-state index in [0.717, 1.165) is 50.1 Å². The van der Waals surface area contributed by atoms with Crippen LogP contribution < -0.4 is 0 Å². The van der Waals surface area contributed by atoms with Crippen LogP contribution in [0, 0.1) is 0 Å². The van der Waals surface area contributed by atoms with Crippen LogP contribution >= 0.6 is 0 Å². The van der Waals surface area contributed by atoms with E-state index in [0.29, 0.717) is 26.3 Å². The van der Waals surface area contributed by atoms with Gasteiger partial charge in [0.05, 0.1) is 65.5 Å². The molecule has 0 aromatic heterocycles. The van der Waals surface area contributed by atoms with Crippen molar-refractivity contribution >= 4 is 0 Å². The van der Waals surface area contributed by atoms with Crippen LogP contribution in [-0.2, 0) is 107 Å². The van der Waals surface area contributed by atoms with Gasteiger partial charge in [0.15, 0.2) is 12.6 Å². The zero-order valence-electron chi connectivity index (χ0n) is 48.6. The van der Waals surface area contributed by atoms with E-state index in [1.807, 2.05) is 140 Å². The van der Waals surface area contributed by atoms with Gasteiger partial charge in [0.1, 0.15) is 42.7 Å². The van der Waals surface area contributed by atoms with E-state index in [-0.39, 0.29) is 46.2 Å². The smallest absolute Gasteiger partial charge is 0.187 e. The molecule has 0 amide bonds. The molecule has 2 heterocycles. The fourth-order valence-corrected chi connectivity index (χ4v) is 11.2. The van der Waals surface area contributed by atoms with Gasteiger partial charge in [-0.25, -0.2) is 0 Å². The summed E-state index contributed by atoms with van der Waals surface area (Å²) in [5.74, 6) is 0. The molecule has 2 aliphatic rings. The third-order valence-electron chi connectivity index (χ3n) is 15.6. The summed E-state index contributed by atoms with van der Waals surface area (Å²) in [5.41, 5.74) is 9.23. The number of ether oxygens (including phenoxy) is 10. The highest BCUT2D eigenvalue weighted by atomic mass is 16.8. The van der Waals surface area contributed by atoms with Crippen molar-refractivity contribution in [2.24, 2.45) is 0 Å². The topological polar surface area (TPSA) is 95.5 Å². The average Bonchev–Trinajstić information content (AvgIpc) is 1.41. The van der Waals surface area contributed by atoms with Gasteiger partial charge in [0.25, 0.3) is 0 Å². The molecule has 0 radical (unpaired) electrons. The Labute approximate surface area is 506 Å². The van der Waals surface area contributed by atoms with Crippen molar-refractivity contribution in [3.63, 3.8) is 0 Å². The highest BCUT2D eigenvalue weighted by Gasteiger charge is 2.55. The maximum atomic E-state index is 7.88. The van der Waals surface area contributed by atoms with E-state index < -0.39 is 61.3 Å². The van der Waals surface area contributed by atoms with Crippen LogP contribution in [0.25, 0.3) is 0 Å². The number of rotatable bonds is 30. The van der Waals surface area contributed by atoms with Crippen molar-refractivity contribution < 1.29 is 47.4 Å². The van der Waals surface area contributed by atoms with Gasteiger partial charge in [-0.3, -0.25) is 4.90 Å². The third kappa shape index (κ3) is 17.6. The van der Waals surface area contributed by atoms with Gasteiger partial charge in [0, 0.05) is 13.1 Å².